The second-order valence-corrected chi connectivity index (χ2v) is 10.0. The molecule has 0 fully saturated rings. The number of rotatable bonds is 12. The Morgan fingerprint density at radius 3 is 1.70 bits per heavy atom. The van der Waals surface area contributed by atoms with Gasteiger partial charge in [0.05, 0.1) is 0 Å². The summed E-state index contributed by atoms with van der Waals surface area (Å²) in [6.07, 6.45) is 1.71. The molecular weight excluding hydrogens is 330 g/mol. The van der Waals surface area contributed by atoms with Crippen molar-refractivity contribution < 1.29 is 18.1 Å². The fourth-order valence-corrected chi connectivity index (χ4v) is 6.28. The molecule has 0 atom stereocenters. The Balaban J connectivity index is 2.67. The van der Waals surface area contributed by atoms with Crippen LogP contribution in [0.4, 0.5) is 0 Å². The van der Waals surface area contributed by atoms with E-state index in [1.165, 1.54) is 11.1 Å². The topological polar surface area (TPSA) is 36.9 Å². The minimum absolute atomic E-state index is 0.691. The second-order valence-electron chi connectivity index (χ2n) is 5.32. The first-order chi connectivity index (χ1) is 11.1. The van der Waals surface area contributed by atoms with Crippen molar-refractivity contribution in [2.45, 2.75) is 40.0 Å². The zero-order chi connectivity index (χ0) is 17.1. The fraction of sp³-hybridized carbons (Fsp3) is 0.647. The molecule has 0 radical (unpaired) electrons. The van der Waals surface area contributed by atoms with Gasteiger partial charge in [-0.25, -0.2) is 0 Å². The van der Waals surface area contributed by atoms with Crippen LogP contribution in [0.2, 0.25) is 0 Å². The third-order valence-electron chi connectivity index (χ3n) is 3.31. The molecule has 0 aliphatic heterocycles. The molecule has 0 heterocycles. The molecule has 1 rings (SSSR count). The third kappa shape index (κ3) is 8.03. The van der Waals surface area contributed by atoms with E-state index in [0.717, 1.165) is 12.3 Å². The second kappa shape index (κ2) is 11.5. The van der Waals surface area contributed by atoms with Gasteiger partial charge in [0.15, 0.2) is 0 Å². The molecule has 23 heavy (non-hydrogen) atoms. The van der Waals surface area contributed by atoms with E-state index >= 15 is 0 Å². The van der Waals surface area contributed by atoms with Crippen LogP contribution in [-0.2, 0) is 30.4 Å². The third-order valence-corrected chi connectivity index (χ3v) is 7.87. The first-order valence-electron chi connectivity index (χ1n) is 8.45. The van der Waals surface area contributed by atoms with Crippen molar-refractivity contribution in [3.8, 4) is 0 Å². The zero-order valence-corrected chi connectivity index (χ0v) is 17.0. The van der Waals surface area contributed by atoms with Crippen LogP contribution in [0, 0.1) is 0 Å². The van der Waals surface area contributed by atoms with Gasteiger partial charge in [-0.1, -0.05) is 0 Å². The van der Waals surface area contributed by atoms with Crippen molar-refractivity contribution >= 4 is 16.1 Å². The van der Waals surface area contributed by atoms with Gasteiger partial charge in [0.1, 0.15) is 0 Å². The Kier molecular flexibility index (Phi) is 10.5. The van der Waals surface area contributed by atoms with Crippen molar-refractivity contribution in [3.63, 3.8) is 0 Å². The van der Waals surface area contributed by atoms with Gasteiger partial charge in [0.25, 0.3) is 0 Å². The maximum absolute atomic E-state index is 5.91. The Morgan fingerprint density at radius 1 is 0.783 bits per heavy atom. The molecule has 0 spiro atoms. The fourth-order valence-electron chi connectivity index (χ4n) is 2.45. The molecule has 0 saturated heterocycles. The minimum atomic E-state index is -2.11. The summed E-state index contributed by atoms with van der Waals surface area (Å²) in [5.74, 6) is 0. The molecule has 0 saturated carbocycles. The van der Waals surface area contributed by atoms with Crippen molar-refractivity contribution in [1.82, 2.24) is 0 Å². The predicted molar refractivity (Wildman–Crippen MR) is 102 cm³/mol. The van der Waals surface area contributed by atoms with Gasteiger partial charge in [-0.3, -0.25) is 0 Å². The molecule has 0 bridgehead atoms. The molecule has 134 valence electrons. The predicted octanol–water partition coefficient (Wildman–Crippen LogP) is 5.35. The molecule has 1 aromatic carbocycles. The zero-order valence-electron chi connectivity index (χ0n) is 15.1. The summed E-state index contributed by atoms with van der Waals surface area (Å²) < 4.78 is 23.2. The van der Waals surface area contributed by atoms with Crippen LogP contribution in [0.5, 0.6) is 0 Å². The van der Waals surface area contributed by atoms with Crippen LogP contribution in [0.3, 0.4) is 0 Å². The first kappa shape index (κ1) is 21.0. The summed E-state index contributed by atoms with van der Waals surface area (Å²) >= 11 is 0. The number of hydrogen-bond donors (Lipinski definition) is 0. The van der Waals surface area contributed by atoms with Crippen molar-refractivity contribution in [3.05, 3.63) is 35.4 Å². The monoisotopic (exact) mass is 362 g/mol. The van der Waals surface area contributed by atoms with Crippen LogP contribution in [0.1, 0.15) is 38.8 Å². The normalized spacial score (nSPS) is 12.8. The van der Waals surface area contributed by atoms with Gasteiger partial charge in [0.2, 0.25) is 0 Å². The SMILES string of the molecule is CCOP(Cc1ccc(C[PH](C)(OCC)OCC)cc1)OCC. The molecule has 0 N–H and O–H groups in total. The summed E-state index contributed by atoms with van der Waals surface area (Å²) in [5.41, 5.74) is 2.51. The summed E-state index contributed by atoms with van der Waals surface area (Å²) in [7, 11) is -2.94. The van der Waals surface area contributed by atoms with Gasteiger partial charge in [-0.15, -0.1) is 0 Å². The van der Waals surface area contributed by atoms with E-state index in [-0.39, 0.29) is 0 Å². The Bertz CT molecular complexity index is 413. The van der Waals surface area contributed by atoms with E-state index in [0.29, 0.717) is 26.4 Å². The van der Waals surface area contributed by atoms with E-state index in [9.17, 15) is 0 Å². The van der Waals surface area contributed by atoms with Crippen molar-refractivity contribution in [2.75, 3.05) is 33.1 Å². The molecule has 0 aliphatic carbocycles. The molecule has 0 amide bonds. The van der Waals surface area contributed by atoms with E-state index in [2.05, 4.69) is 30.9 Å². The standard InChI is InChI=1S/C17H32O4P2/c1-6-18-22(19-7-2)14-16-10-12-17(13-11-16)15-23(5,20-8-3)21-9-4/h10-13,23H,6-9,14-15H2,1-5H3. The molecule has 1 aromatic rings. The Labute approximate surface area is 143 Å². The molecule has 4 nitrogen and oxygen atoms in total. The van der Waals surface area contributed by atoms with Gasteiger partial charge < -0.3 is 0 Å². The molecular formula is C17H32O4P2. The number of benzene rings is 1. The van der Waals surface area contributed by atoms with E-state index in [1.807, 2.05) is 27.7 Å². The van der Waals surface area contributed by atoms with Gasteiger partial charge in [-0.05, 0) is 0 Å². The summed E-state index contributed by atoms with van der Waals surface area (Å²) in [4.78, 5) is 0. The maximum atomic E-state index is 5.91. The number of hydrogen-bond acceptors (Lipinski definition) is 4. The average molecular weight is 362 g/mol. The quantitative estimate of drug-likeness (QED) is 0.470. The van der Waals surface area contributed by atoms with E-state index < -0.39 is 16.1 Å². The van der Waals surface area contributed by atoms with E-state index in [4.69, 9.17) is 18.1 Å². The van der Waals surface area contributed by atoms with Crippen molar-refractivity contribution in [1.29, 1.82) is 0 Å². The van der Waals surface area contributed by atoms with Crippen LogP contribution in [0.15, 0.2) is 24.3 Å². The van der Waals surface area contributed by atoms with Crippen LogP contribution in [-0.4, -0.2) is 33.1 Å². The average Bonchev–Trinajstić information content (AvgIpc) is 2.50. The summed E-state index contributed by atoms with van der Waals surface area (Å²) in [5, 5.41) is 0. The summed E-state index contributed by atoms with van der Waals surface area (Å²) in [6.45, 7) is 13.0. The molecule has 0 unspecified atom stereocenters. The first-order valence-corrected chi connectivity index (χ1v) is 12.3. The van der Waals surface area contributed by atoms with Gasteiger partial charge in [-0.2, -0.15) is 0 Å². The van der Waals surface area contributed by atoms with Crippen LogP contribution >= 0.6 is 16.1 Å². The summed E-state index contributed by atoms with van der Waals surface area (Å²) in [6, 6.07) is 8.67. The molecule has 0 aliphatic rings. The van der Waals surface area contributed by atoms with Crippen LogP contribution in [0.25, 0.3) is 0 Å². The Hall–Kier alpha value is -0.0800. The van der Waals surface area contributed by atoms with Crippen molar-refractivity contribution in [2.24, 2.45) is 0 Å². The van der Waals surface area contributed by atoms with Gasteiger partial charge >= 0.3 is 143 Å². The molecule has 0 aromatic heterocycles. The Morgan fingerprint density at radius 2 is 1.26 bits per heavy atom. The van der Waals surface area contributed by atoms with E-state index in [1.54, 1.807) is 0 Å². The molecule has 6 heteroatoms. The van der Waals surface area contributed by atoms with Gasteiger partial charge in [0, 0.05) is 0 Å². The van der Waals surface area contributed by atoms with Crippen LogP contribution < -0.4 is 0 Å².